The quantitative estimate of drug-likeness (QED) is 0.418. The number of aryl methyl sites for hydroxylation is 2. The highest BCUT2D eigenvalue weighted by Crippen LogP contribution is 2.27. The van der Waals surface area contributed by atoms with E-state index in [4.69, 9.17) is 9.26 Å². The first kappa shape index (κ1) is 20.8. The van der Waals surface area contributed by atoms with Gasteiger partial charge in [-0.15, -0.1) is 11.3 Å². The van der Waals surface area contributed by atoms with Crippen LogP contribution in [0.1, 0.15) is 51.0 Å². The molecule has 1 amide bonds. The van der Waals surface area contributed by atoms with Gasteiger partial charge in [-0.25, -0.2) is 0 Å². The van der Waals surface area contributed by atoms with Crippen LogP contribution in [0.25, 0.3) is 0 Å². The zero-order valence-corrected chi connectivity index (χ0v) is 18.2. The molecular formula is C24H23N3O3S. The second-order valence-electron chi connectivity index (χ2n) is 7.06. The number of nitrogens with zero attached hydrogens (tertiary/aromatic N) is 2. The second-order valence-corrected chi connectivity index (χ2v) is 8.04. The van der Waals surface area contributed by atoms with Gasteiger partial charge in [-0.05, 0) is 53.3 Å². The van der Waals surface area contributed by atoms with Gasteiger partial charge >= 0.3 is 0 Å². The van der Waals surface area contributed by atoms with E-state index < -0.39 is 0 Å². The van der Waals surface area contributed by atoms with Crippen molar-refractivity contribution >= 4 is 17.2 Å². The number of nitrogens with one attached hydrogen (secondary N) is 1. The highest BCUT2D eigenvalue weighted by Gasteiger charge is 2.19. The average molecular weight is 434 g/mol. The lowest BCUT2D eigenvalue weighted by molar-refractivity contribution is 0.0943. The molecular weight excluding hydrogens is 410 g/mol. The molecule has 7 heteroatoms. The van der Waals surface area contributed by atoms with Crippen LogP contribution in [0.15, 0.2) is 70.6 Å². The Labute approximate surface area is 184 Å². The molecule has 158 valence electrons. The van der Waals surface area contributed by atoms with Gasteiger partial charge in [-0.3, -0.25) is 4.79 Å². The zero-order valence-electron chi connectivity index (χ0n) is 17.4. The summed E-state index contributed by atoms with van der Waals surface area (Å²) in [4.78, 5) is 18.2. The van der Waals surface area contributed by atoms with Gasteiger partial charge in [-0.2, -0.15) is 4.98 Å². The summed E-state index contributed by atoms with van der Waals surface area (Å²) in [5.74, 6) is 1.46. The largest absolute Gasteiger partial charge is 0.485 e. The number of aromatic nitrogens is 2. The molecule has 2 aromatic carbocycles. The second kappa shape index (κ2) is 9.57. The van der Waals surface area contributed by atoms with Gasteiger partial charge in [0.05, 0.1) is 6.04 Å². The molecule has 0 fully saturated rings. The van der Waals surface area contributed by atoms with Crippen molar-refractivity contribution in [2.45, 2.75) is 32.9 Å². The molecule has 0 spiro atoms. The molecule has 1 atom stereocenters. The first-order valence-corrected chi connectivity index (χ1v) is 11.0. The molecule has 1 unspecified atom stereocenters. The first-order chi connectivity index (χ1) is 15.1. The molecule has 2 aromatic heterocycles. The topological polar surface area (TPSA) is 77.2 Å². The number of carbonyl (C=O) groups excluding carboxylic acids is 1. The van der Waals surface area contributed by atoms with Crippen LogP contribution in [-0.4, -0.2) is 16.0 Å². The van der Waals surface area contributed by atoms with Gasteiger partial charge < -0.3 is 14.6 Å². The third-order valence-corrected chi connectivity index (χ3v) is 5.82. The van der Waals surface area contributed by atoms with Crippen LogP contribution >= 0.6 is 11.3 Å². The van der Waals surface area contributed by atoms with Gasteiger partial charge in [-0.1, -0.05) is 42.4 Å². The van der Waals surface area contributed by atoms with Crippen molar-refractivity contribution in [2.24, 2.45) is 0 Å². The van der Waals surface area contributed by atoms with Crippen LogP contribution in [0.3, 0.4) is 0 Å². The van der Waals surface area contributed by atoms with Crippen LogP contribution in [-0.2, 0) is 13.0 Å². The van der Waals surface area contributed by atoms with Crippen molar-refractivity contribution in [3.05, 3.63) is 99.3 Å². The third kappa shape index (κ3) is 5.19. The number of hydrogen-bond donors (Lipinski definition) is 1. The lowest BCUT2D eigenvalue weighted by atomic mass is 10.0. The van der Waals surface area contributed by atoms with E-state index >= 15 is 0 Å². The van der Waals surface area contributed by atoms with E-state index in [1.54, 1.807) is 42.5 Å². The lowest BCUT2D eigenvalue weighted by Crippen LogP contribution is -2.28. The summed E-state index contributed by atoms with van der Waals surface area (Å²) in [6.07, 6.45) is 0.983. The Bertz CT molecular complexity index is 1120. The SMILES string of the molecule is CCc1ccc(C(NC(=O)c2ccc(OCc3noc(C)n3)cc2)c2cccs2)cc1. The molecule has 31 heavy (non-hydrogen) atoms. The van der Waals surface area contributed by atoms with Gasteiger partial charge in [0.25, 0.3) is 5.91 Å². The van der Waals surface area contributed by atoms with E-state index in [9.17, 15) is 4.79 Å². The molecule has 0 aliphatic carbocycles. The minimum Gasteiger partial charge on any atom is -0.485 e. The summed E-state index contributed by atoms with van der Waals surface area (Å²) in [5, 5.41) is 8.99. The molecule has 0 saturated heterocycles. The molecule has 0 bridgehead atoms. The standard InChI is InChI=1S/C24H23N3O3S/c1-3-17-6-8-18(9-7-17)23(21-5-4-14-31-21)26-24(28)19-10-12-20(13-11-19)29-15-22-25-16(2)30-27-22/h4-14,23H,3,15H2,1-2H3,(H,26,28). The Hall–Kier alpha value is -3.45. The van der Waals surface area contributed by atoms with E-state index in [1.165, 1.54) is 5.56 Å². The molecule has 0 saturated carbocycles. The van der Waals surface area contributed by atoms with E-state index in [-0.39, 0.29) is 18.6 Å². The highest BCUT2D eigenvalue weighted by molar-refractivity contribution is 7.10. The number of carbonyl (C=O) groups is 1. The van der Waals surface area contributed by atoms with Crippen molar-refractivity contribution in [3.8, 4) is 5.75 Å². The number of amides is 1. The Kier molecular flexibility index (Phi) is 6.43. The lowest BCUT2D eigenvalue weighted by Gasteiger charge is -2.19. The molecule has 0 aliphatic rings. The molecule has 0 aliphatic heterocycles. The van der Waals surface area contributed by atoms with E-state index in [0.29, 0.717) is 23.0 Å². The molecule has 2 heterocycles. The molecule has 4 rings (SSSR count). The van der Waals surface area contributed by atoms with Gasteiger partial charge in [0.2, 0.25) is 11.7 Å². The fourth-order valence-electron chi connectivity index (χ4n) is 3.18. The number of benzene rings is 2. The van der Waals surface area contributed by atoms with Crippen LogP contribution in [0.2, 0.25) is 0 Å². The Morgan fingerprint density at radius 2 is 1.90 bits per heavy atom. The Morgan fingerprint density at radius 1 is 1.13 bits per heavy atom. The van der Waals surface area contributed by atoms with Crippen molar-refractivity contribution < 1.29 is 14.1 Å². The third-order valence-electron chi connectivity index (χ3n) is 4.88. The van der Waals surface area contributed by atoms with Crippen LogP contribution in [0, 0.1) is 6.92 Å². The zero-order chi connectivity index (χ0) is 21.6. The van der Waals surface area contributed by atoms with Crippen molar-refractivity contribution in [1.82, 2.24) is 15.5 Å². The number of ether oxygens (including phenoxy) is 1. The molecule has 1 N–H and O–H groups in total. The van der Waals surface area contributed by atoms with E-state index in [2.05, 4.69) is 46.6 Å². The Morgan fingerprint density at radius 3 is 2.52 bits per heavy atom. The maximum atomic E-state index is 13.0. The summed E-state index contributed by atoms with van der Waals surface area (Å²) in [5.41, 5.74) is 2.89. The summed E-state index contributed by atoms with van der Waals surface area (Å²) in [7, 11) is 0. The molecule has 0 radical (unpaired) electrons. The highest BCUT2D eigenvalue weighted by atomic mass is 32.1. The van der Waals surface area contributed by atoms with Gasteiger partial charge in [0, 0.05) is 17.4 Å². The maximum Gasteiger partial charge on any atom is 0.252 e. The fourth-order valence-corrected chi connectivity index (χ4v) is 3.99. The summed E-state index contributed by atoms with van der Waals surface area (Å²) < 4.78 is 10.6. The van der Waals surface area contributed by atoms with Crippen molar-refractivity contribution in [2.75, 3.05) is 0 Å². The smallest absolute Gasteiger partial charge is 0.252 e. The molecule has 4 aromatic rings. The fraction of sp³-hybridized carbons (Fsp3) is 0.208. The summed E-state index contributed by atoms with van der Waals surface area (Å²) in [6, 6.07) is 19.2. The Balaban J connectivity index is 1.45. The minimum absolute atomic E-state index is 0.140. The average Bonchev–Trinajstić information content (AvgIpc) is 3.48. The summed E-state index contributed by atoms with van der Waals surface area (Å²) in [6.45, 7) is 4.06. The first-order valence-electron chi connectivity index (χ1n) is 10.1. The van der Waals surface area contributed by atoms with Crippen LogP contribution in [0.5, 0.6) is 5.75 Å². The van der Waals surface area contributed by atoms with E-state index in [0.717, 1.165) is 16.9 Å². The maximum absolute atomic E-state index is 13.0. The normalized spacial score (nSPS) is 11.8. The van der Waals surface area contributed by atoms with Gasteiger partial charge in [0.15, 0.2) is 6.61 Å². The minimum atomic E-state index is -0.198. The monoisotopic (exact) mass is 433 g/mol. The van der Waals surface area contributed by atoms with Crippen LogP contribution in [0.4, 0.5) is 0 Å². The van der Waals surface area contributed by atoms with Crippen molar-refractivity contribution in [3.63, 3.8) is 0 Å². The van der Waals surface area contributed by atoms with Gasteiger partial charge in [0.1, 0.15) is 5.75 Å². The predicted molar refractivity (Wildman–Crippen MR) is 119 cm³/mol. The predicted octanol–water partition coefficient (Wildman–Crippen LogP) is 5.10. The number of thiophene rings is 1. The number of rotatable bonds is 8. The summed E-state index contributed by atoms with van der Waals surface area (Å²) >= 11 is 1.63. The number of hydrogen-bond acceptors (Lipinski definition) is 6. The van der Waals surface area contributed by atoms with E-state index in [1.807, 2.05) is 17.5 Å². The van der Waals surface area contributed by atoms with Crippen molar-refractivity contribution in [1.29, 1.82) is 0 Å². The molecule has 6 nitrogen and oxygen atoms in total. The van der Waals surface area contributed by atoms with Crippen LogP contribution < -0.4 is 10.1 Å².